The third-order valence-corrected chi connectivity index (χ3v) is 10.3. The van der Waals surface area contributed by atoms with E-state index in [1.807, 2.05) is 24.3 Å². The predicted molar refractivity (Wildman–Crippen MR) is 168 cm³/mol. The molecule has 3 heterocycles. The molecular weight excluding hydrogens is 750 g/mol. The maximum Gasteiger partial charge on any atom is 0.361 e. The third kappa shape index (κ3) is 5.38. The number of aromatic amines is 1. The highest BCUT2D eigenvalue weighted by molar-refractivity contribution is 9.11. The van der Waals surface area contributed by atoms with E-state index >= 15 is 0 Å². The van der Waals surface area contributed by atoms with Crippen LogP contribution < -0.4 is 32.2 Å². The van der Waals surface area contributed by atoms with Crippen molar-refractivity contribution in [3.05, 3.63) is 61.7 Å². The van der Waals surface area contributed by atoms with Gasteiger partial charge in [-0.05, 0) is 56.3 Å². The summed E-state index contributed by atoms with van der Waals surface area (Å²) in [6.07, 6.45) is 3.42. The van der Waals surface area contributed by atoms with E-state index in [0.717, 1.165) is 29.4 Å². The number of anilines is 1. The van der Waals surface area contributed by atoms with Crippen LogP contribution in [0.25, 0.3) is 10.9 Å². The van der Waals surface area contributed by atoms with Crippen LogP contribution in [0.5, 0.6) is 11.5 Å². The topological polar surface area (TPSA) is 113 Å². The van der Waals surface area contributed by atoms with Gasteiger partial charge in [0.25, 0.3) is 0 Å². The van der Waals surface area contributed by atoms with Gasteiger partial charge in [0.15, 0.2) is 6.54 Å². The van der Waals surface area contributed by atoms with E-state index in [4.69, 9.17) is 24.7 Å². The molecule has 0 aliphatic carbocycles. The van der Waals surface area contributed by atoms with Crippen LogP contribution in [0.1, 0.15) is 36.6 Å². The summed E-state index contributed by atoms with van der Waals surface area (Å²) in [4.78, 5) is 31.0. The van der Waals surface area contributed by atoms with Gasteiger partial charge in [-0.15, -0.1) is 0 Å². The zero-order chi connectivity index (χ0) is 30.4. The second kappa shape index (κ2) is 12.8. The number of aromatic nitrogens is 1. The van der Waals surface area contributed by atoms with Crippen LogP contribution >= 0.6 is 31.9 Å². The van der Waals surface area contributed by atoms with Crippen molar-refractivity contribution in [2.45, 2.75) is 31.7 Å². The van der Waals surface area contributed by atoms with Crippen LogP contribution in [0.2, 0.25) is 0 Å². The minimum absolute atomic E-state index is 0. The summed E-state index contributed by atoms with van der Waals surface area (Å²) in [6, 6.07) is 7.98. The zero-order valence-corrected chi connectivity index (χ0v) is 29.6. The first-order chi connectivity index (χ1) is 20.1. The fourth-order valence-electron chi connectivity index (χ4n) is 7.10. The average Bonchev–Trinajstić information content (AvgIpc) is 3.35. The van der Waals surface area contributed by atoms with Crippen molar-refractivity contribution in [3.63, 3.8) is 0 Å². The number of H-pyrrole nitrogens is 1. The number of benzene rings is 2. The van der Waals surface area contributed by atoms with Gasteiger partial charge in [0.2, 0.25) is 0 Å². The normalized spacial score (nSPS) is 22.8. The number of carbonyl (C=O) groups is 2. The van der Waals surface area contributed by atoms with Gasteiger partial charge in [-0.3, -0.25) is 4.79 Å². The Balaban J connectivity index is 0.00000423. The molecule has 5 rings (SSSR count). The number of hydrogen-bond donors (Lipinski definition) is 2. The van der Waals surface area contributed by atoms with E-state index in [-0.39, 0.29) is 35.4 Å². The first kappa shape index (κ1) is 33.4. The lowest BCUT2D eigenvalue weighted by molar-refractivity contribution is -0.934. The summed E-state index contributed by atoms with van der Waals surface area (Å²) < 4.78 is 24.3. The molecule has 12 heteroatoms. The van der Waals surface area contributed by atoms with Crippen molar-refractivity contribution in [2.24, 2.45) is 5.92 Å². The van der Waals surface area contributed by atoms with E-state index in [1.54, 1.807) is 14.2 Å². The number of esters is 2. The molecular formula is C31H36Br3N3O6. The SMILES string of the molecule is CCC1=C[C@H]2C[C@](C(=O)OC)(c3c(OC)c(Br)c(N)c(Br)c3OC)c3[nH]c4ccccc4c3C[N+](CC(=O)OC)(C1)C2.[Br-]. The Morgan fingerprint density at radius 2 is 1.70 bits per heavy atom. The zero-order valence-electron chi connectivity index (χ0n) is 24.8. The number of methoxy groups -OCH3 is 4. The van der Waals surface area contributed by atoms with Crippen molar-refractivity contribution in [3.8, 4) is 11.5 Å². The number of nitrogens with one attached hydrogen (secondary N) is 1. The summed E-state index contributed by atoms with van der Waals surface area (Å²) in [7, 11) is 5.92. The van der Waals surface area contributed by atoms with Crippen LogP contribution in [0.15, 0.2) is 44.9 Å². The lowest BCUT2D eigenvalue weighted by Crippen LogP contribution is -3.00. The van der Waals surface area contributed by atoms with E-state index in [9.17, 15) is 9.59 Å². The smallest absolute Gasteiger partial charge is 0.361 e. The van der Waals surface area contributed by atoms with Crippen LogP contribution in [0, 0.1) is 5.92 Å². The van der Waals surface area contributed by atoms with E-state index in [2.05, 4.69) is 49.8 Å². The molecule has 43 heavy (non-hydrogen) atoms. The summed E-state index contributed by atoms with van der Waals surface area (Å²) in [6.45, 7) is 4.21. The number of nitrogen functional groups attached to an aromatic ring is 1. The third-order valence-electron chi connectivity index (χ3n) is 8.77. The highest BCUT2D eigenvalue weighted by Crippen LogP contribution is 2.57. The molecule has 0 radical (unpaired) electrons. The van der Waals surface area contributed by atoms with Gasteiger partial charge in [-0.25, -0.2) is 4.79 Å². The van der Waals surface area contributed by atoms with E-state index < -0.39 is 11.4 Å². The summed E-state index contributed by atoms with van der Waals surface area (Å²) in [5.74, 6) is -0.0491. The van der Waals surface area contributed by atoms with Crippen LogP contribution in [0.3, 0.4) is 0 Å². The lowest BCUT2D eigenvalue weighted by Gasteiger charge is -2.47. The van der Waals surface area contributed by atoms with Crippen molar-refractivity contribution in [1.82, 2.24) is 4.98 Å². The van der Waals surface area contributed by atoms with Gasteiger partial charge in [-0.2, -0.15) is 0 Å². The molecule has 3 atom stereocenters. The molecule has 1 unspecified atom stereocenters. The summed E-state index contributed by atoms with van der Waals surface area (Å²) in [5.41, 5.74) is 9.68. The van der Waals surface area contributed by atoms with Crippen molar-refractivity contribution in [1.29, 1.82) is 0 Å². The second-order valence-corrected chi connectivity index (χ2v) is 12.7. The molecule has 2 bridgehead atoms. The molecule has 9 nitrogen and oxygen atoms in total. The number of fused-ring (bicyclic) bond motifs is 5. The Kier molecular flexibility index (Phi) is 9.95. The van der Waals surface area contributed by atoms with Gasteiger partial charge < -0.3 is 51.1 Å². The highest BCUT2D eigenvalue weighted by Gasteiger charge is 2.56. The number of nitrogens with two attached hydrogens (primary N) is 1. The maximum atomic E-state index is 14.5. The summed E-state index contributed by atoms with van der Waals surface area (Å²) in [5, 5.41) is 0.973. The minimum Gasteiger partial charge on any atom is -1.00 e. The van der Waals surface area contributed by atoms with Gasteiger partial charge >= 0.3 is 11.9 Å². The number of ether oxygens (including phenoxy) is 4. The number of carbonyl (C=O) groups excluding carboxylic acids is 2. The first-order valence-electron chi connectivity index (χ1n) is 13.8. The standard InChI is InChI=1S/C31H36Br2N3O6.BrH/c1-6-17-11-18-12-31(30(38)42-5,23-27(40-3)24(32)26(34)25(33)28(23)41-4)29-20(19-9-7-8-10-21(19)35-29)15-36(13-17,14-18)16-22(37)39-2;/h7-11,18,35H,6,12-16,34H2,1-5H3;1H/q+1;/p-1/t18-,31-,36?;/m0./s1. The number of quaternary nitrogens is 1. The first-order valence-corrected chi connectivity index (χ1v) is 15.4. The van der Waals surface area contributed by atoms with E-state index in [1.165, 1.54) is 19.8 Å². The fourth-order valence-corrected chi connectivity index (χ4v) is 8.49. The maximum absolute atomic E-state index is 14.5. The number of halogens is 3. The molecule has 0 spiro atoms. The van der Waals surface area contributed by atoms with Crippen LogP contribution in [-0.4, -0.2) is 69.5 Å². The second-order valence-electron chi connectivity index (χ2n) is 11.1. The number of rotatable bonds is 7. The Hall–Kier alpha value is -2.54. The monoisotopic (exact) mass is 783 g/mol. The molecule has 232 valence electrons. The molecule has 0 saturated carbocycles. The van der Waals surface area contributed by atoms with E-state index in [0.29, 0.717) is 61.4 Å². The van der Waals surface area contributed by atoms with Crippen molar-refractivity contribution in [2.75, 3.05) is 53.8 Å². The number of nitrogens with zero attached hydrogens (tertiary/aromatic N) is 1. The molecule has 0 saturated heterocycles. The molecule has 0 fully saturated rings. The van der Waals surface area contributed by atoms with Crippen molar-refractivity contribution >= 4 is 60.4 Å². The molecule has 0 amide bonds. The van der Waals surface area contributed by atoms with Gasteiger partial charge in [-0.1, -0.05) is 31.2 Å². The number of hydrogen-bond acceptors (Lipinski definition) is 7. The van der Waals surface area contributed by atoms with Gasteiger partial charge in [0, 0.05) is 28.1 Å². The molecule has 2 aromatic carbocycles. The van der Waals surface area contributed by atoms with Crippen LogP contribution in [-0.2, 0) is 31.0 Å². The summed E-state index contributed by atoms with van der Waals surface area (Å²) >= 11 is 7.26. The largest absolute Gasteiger partial charge is 1.00 e. The highest BCUT2D eigenvalue weighted by atomic mass is 79.9. The predicted octanol–water partition coefficient (Wildman–Crippen LogP) is 2.62. The Bertz CT molecular complexity index is 1570. The lowest BCUT2D eigenvalue weighted by atomic mass is 9.67. The molecule has 3 N–H and O–H groups in total. The quantitative estimate of drug-likeness (QED) is 0.164. The Morgan fingerprint density at radius 3 is 2.28 bits per heavy atom. The average molecular weight is 786 g/mol. The Labute approximate surface area is 278 Å². The minimum atomic E-state index is -1.39. The fraction of sp³-hybridized carbons (Fsp3) is 0.419. The molecule has 2 aliphatic rings. The van der Waals surface area contributed by atoms with Crippen molar-refractivity contribution < 1.29 is 50.0 Å². The van der Waals surface area contributed by atoms with Crippen LogP contribution in [0.4, 0.5) is 5.69 Å². The molecule has 3 aromatic rings. The molecule has 1 aromatic heterocycles. The Morgan fingerprint density at radius 1 is 1.05 bits per heavy atom. The van der Waals surface area contributed by atoms with Gasteiger partial charge in [0.1, 0.15) is 30.0 Å². The number of para-hydroxylation sites is 1. The molecule has 2 aliphatic heterocycles. The van der Waals surface area contributed by atoms with Gasteiger partial charge in [0.05, 0.1) is 55.2 Å².